The van der Waals surface area contributed by atoms with Crippen molar-refractivity contribution < 1.29 is 30.4 Å². The molecule has 0 heterocycles. The highest BCUT2D eigenvalue weighted by Crippen LogP contribution is 2.09. The number of carbonyl (C=O) groups excluding carboxylic acids is 1. The molecule has 0 fully saturated rings. The van der Waals surface area contributed by atoms with Crippen molar-refractivity contribution in [1.82, 2.24) is 5.32 Å². The Labute approximate surface area is 135 Å². The molecule has 23 heavy (non-hydrogen) atoms. The summed E-state index contributed by atoms with van der Waals surface area (Å²) in [5, 5.41) is 5.25. The molecule has 0 aliphatic heterocycles. The number of hydrogen-bond donors (Lipinski definition) is 3. The summed E-state index contributed by atoms with van der Waals surface area (Å²) in [7, 11) is -7.02. The van der Waals surface area contributed by atoms with Crippen LogP contribution in [0, 0.1) is 0 Å². The molecule has 0 aromatic heterocycles. The van der Waals surface area contributed by atoms with Gasteiger partial charge in [0.05, 0.1) is 5.75 Å². The number of carbonyl (C=O) groups is 1. The first-order valence-corrected chi connectivity index (χ1v) is 9.20. The summed E-state index contributed by atoms with van der Waals surface area (Å²) in [6.45, 7) is -0.222. The molecule has 3 N–H and O–H groups in total. The maximum absolute atomic E-state index is 11.8. The largest absolute Gasteiger partial charge is 0.398 e. The lowest BCUT2D eigenvalue weighted by atomic mass is 10.2. The molecule has 0 atom stereocenters. The van der Waals surface area contributed by atoms with Crippen molar-refractivity contribution in [3.05, 3.63) is 29.8 Å². The van der Waals surface area contributed by atoms with Crippen LogP contribution in [0.4, 0.5) is 5.69 Å². The molecule has 0 spiro atoms. The van der Waals surface area contributed by atoms with Gasteiger partial charge in [0.1, 0.15) is 0 Å². The Morgan fingerprint density at radius 3 is 2.48 bits per heavy atom. The number of benzene rings is 1. The lowest BCUT2D eigenvalue weighted by molar-refractivity contribution is 0.0956. The summed E-state index contributed by atoms with van der Waals surface area (Å²) in [5.41, 5.74) is 1.07. The van der Waals surface area contributed by atoms with Gasteiger partial charge in [-0.2, -0.15) is 8.42 Å². The summed E-state index contributed by atoms with van der Waals surface area (Å²) in [6, 6.07) is 6.57. The normalized spacial score (nSPS) is 11.4. The number of hydrogen-bond acceptors (Lipinski definition) is 7. The predicted octanol–water partition coefficient (Wildman–Crippen LogP) is 0.286. The lowest BCUT2D eigenvalue weighted by Gasteiger charge is -2.07. The Morgan fingerprint density at radius 2 is 1.91 bits per heavy atom. The van der Waals surface area contributed by atoms with E-state index in [-0.39, 0.29) is 14.0 Å². The van der Waals surface area contributed by atoms with Crippen molar-refractivity contribution >= 4 is 31.8 Å². The van der Waals surface area contributed by atoms with E-state index in [2.05, 4.69) is 14.8 Å². The second kappa shape index (κ2) is 8.82. The van der Waals surface area contributed by atoms with E-state index in [4.69, 9.17) is 4.55 Å². The molecule has 0 saturated carbocycles. The van der Waals surface area contributed by atoms with Gasteiger partial charge in [-0.05, 0) is 18.2 Å². The molecule has 9 nitrogen and oxygen atoms in total. The number of rotatable bonds is 8. The third-order valence-electron chi connectivity index (χ3n) is 2.49. The van der Waals surface area contributed by atoms with Crippen LogP contribution in [-0.4, -0.2) is 52.6 Å². The van der Waals surface area contributed by atoms with Gasteiger partial charge in [0.15, 0.2) is 15.8 Å². The van der Waals surface area contributed by atoms with Gasteiger partial charge in [0, 0.05) is 24.8 Å². The molecule has 1 amide bonds. The molecule has 132 valence electrons. The third-order valence-corrected chi connectivity index (χ3v) is 4.36. The van der Waals surface area contributed by atoms with Crippen LogP contribution in [0.3, 0.4) is 0 Å². The van der Waals surface area contributed by atoms with E-state index in [9.17, 15) is 21.6 Å². The van der Waals surface area contributed by atoms with Gasteiger partial charge in [0.25, 0.3) is 5.91 Å². The van der Waals surface area contributed by atoms with E-state index in [1.54, 1.807) is 31.3 Å². The minimum atomic E-state index is -4.82. The van der Waals surface area contributed by atoms with E-state index in [1.165, 1.54) is 0 Å². The van der Waals surface area contributed by atoms with Crippen molar-refractivity contribution in [3.8, 4) is 0 Å². The van der Waals surface area contributed by atoms with E-state index >= 15 is 0 Å². The van der Waals surface area contributed by atoms with Crippen LogP contribution in [-0.2, 0) is 24.4 Å². The molecule has 11 heteroatoms. The second-order valence-electron chi connectivity index (χ2n) is 4.20. The number of nitrogens with one attached hydrogen (secondary N) is 2. The van der Waals surface area contributed by atoms with Crippen LogP contribution in [0.1, 0.15) is 17.8 Å². The Bertz CT molecular complexity index is 730. The van der Waals surface area contributed by atoms with Gasteiger partial charge in [-0.1, -0.05) is 13.5 Å². The minimum Gasteiger partial charge on any atom is -0.388 e. The molecule has 0 radical (unpaired) electrons. The highest BCUT2D eigenvalue weighted by Gasteiger charge is 2.16. The summed E-state index contributed by atoms with van der Waals surface area (Å²) in [5.74, 6) is -2.18. The Balaban J connectivity index is 0.00000484. The monoisotopic (exact) mass is 368 g/mol. The lowest BCUT2D eigenvalue weighted by Crippen LogP contribution is -2.30. The molecular formula is C12H20N2O7S2. The molecule has 0 bridgehead atoms. The molecule has 0 saturated heterocycles. The van der Waals surface area contributed by atoms with E-state index < -0.39 is 37.8 Å². The van der Waals surface area contributed by atoms with Crippen LogP contribution in [0.15, 0.2) is 24.3 Å². The molecule has 1 rings (SSSR count). The maximum Gasteiger partial charge on any atom is 0.398 e. The van der Waals surface area contributed by atoms with Gasteiger partial charge in [-0.25, -0.2) is 12.6 Å². The second-order valence-corrected chi connectivity index (χ2v) is 7.42. The van der Waals surface area contributed by atoms with Gasteiger partial charge >= 0.3 is 10.4 Å². The summed E-state index contributed by atoms with van der Waals surface area (Å²) in [4.78, 5) is 11.8. The zero-order valence-corrected chi connectivity index (χ0v) is 13.3. The van der Waals surface area contributed by atoms with Crippen LogP contribution < -0.4 is 10.6 Å². The fourth-order valence-corrected chi connectivity index (χ4v) is 3.03. The molecule has 1 aromatic carbocycles. The smallest absolute Gasteiger partial charge is 0.388 e. The fraction of sp³-hybridized carbons (Fsp3) is 0.417. The molecule has 1 aromatic rings. The van der Waals surface area contributed by atoms with Crippen molar-refractivity contribution in [1.29, 1.82) is 0 Å². The third kappa shape index (κ3) is 8.50. The Kier molecular flexibility index (Phi) is 8.17. The van der Waals surface area contributed by atoms with Crippen LogP contribution in [0.5, 0.6) is 0 Å². The Morgan fingerprint density at radius 1 is 1.26 bits per heavy atom. The quantitative estimate of drug-likeness (QED) is 0.556. The summed E-state index contributed by atoms with van der Waals surface area (Å²) in [6.07, 6.45) is 0. The zero-order chi connectivity index (χ0) is 16.8. The van der Waals surface area contributed by atoms with E-state index in [1.807, 2.05) is 0 Å². The number of sulfone groups is 1. The average molecular weight is 368 g/mol. The first-order chi connectivity index (χ1) is 10.1. The van der Waals surface area contributed by atoms with Crippen LogP contribution >= 0.6 is 0 Å². The first-order valence-electron chi connectivity index (χ1n) is 6.01. The highest BCUT2D eigenvalue weighted by atomic mass is 32.3. The standard InChI is InChI=1S/C11H16N2O7S2.CH4/c1-12-10-4-2-3-9(7-10)11(14)13-5-6-21(15,16)8-20-22(17,18)19;/h2-4,7,12H,5-6,8H2,1H3,(H,13,14)(H,17,18,19);1H4. The number of anilines is 1. The average Bonchev–Trinajstić information content (AvgIpc) is 2.44. The van der Waals surface area contributed by atoms with E-state index in [0.717, 1.165) is 5.69 Å². The molecule has 0 aliphatic rings. The number of amides is 1. The van der Waals surface area contributed by atoms with Crippen LogP contribution in [0.25, 0.3) is 0 Å². The molecule has 0 aliphatic carbocycles. The SMILES string of the molecule is C.CNc1cccc(C(=O)NCCS(=O)(=O)COS(=O)(=O)O)c1. The molecule has 0 unspecified atom stereocenters. The van der Waals surface area contributed by atoms with Crippen molar-refractivity contribution in [2.75, 3.05) is 30.6 Å². The van der Waals surface area contributed by atoms with E-state index in [0.29, 0.717) is 5.56 Å². The Hall–Kier alpha value is -1.69. The van der Waals surface area contributed by atoms with Crippen molar-refractivity contribution in [2.45, 2.75) is 7.43 Å². The highest BCUT2D eigenvalue weighted by molar-refractivity contribution is 7.92. The first kappa shape index (κ1) is 21.3. The minimum absolute atomic E-state index is 0. The molecular weight excluding hydrogens is 348 g/mol. The topological polar surface area (TPSA) is 139 Å². The summed E-state index contributed by atoms with van der Waals surface area (Å²) < 4.78 is 55.6. The van der Waals surface area contributed by atoms with Crippen LogP contribution in [0.2, 0.25) is 0 Å². The van der Waals surface area contributed by atoms with Gasteiger partial charge in [-0.3, -0.25) is 9.35 Å². The van der Waals surface area contributed by atoms with Crippen molar-refractivity contribution in [2.24, 2.45) is 0 Å². The summed E-state index contributed by atoms with van der Waals surface area (Å²) >= 11 is 0. The van der Waals surface area contributed by atoms with Gasteiger partial charge in [0.2, 0.25) is 0 Å². The van der Waals surface area contributed by atoms with Gasteiger partial charge in [-0.15, -0.1) is 0 Å². The maximum atomic E-state index is 11.8. The zero-order valence-electron chi connectivity index (χ0n) is 11.6. The van der Waals surface area contributed by atoms with Gasteiger partial charge < -0.3 is 10.6 Å². The fourth-order valence-electron chi connectivity index (χ4n) is 1.43. The predicted molar refractivity (Wildman–Crippen MR) is 86.3 cm³/mol. The van der Waals surface area contributed by atoms with Crippen molar-refractivity contribution in [3.63, 3.8) is 0 Å².